The van der Waals surface area contributed by atoms with Crippen LogP contribution in [0.25, 0.3) is 11.0 Å². The lowest BCUT2D eigenvalue weighted by Gasteiger charge is -2.13. The lowest BCUT2D eigenvalue weighted by Crippen LogP contribution is -2.21. The summed E-state index contributed by atoms with van der Waals surface area (Å²) in [4.78, 5) is 17.3. The molecule has 3 rings (SSSR count). The lowest BCUT2D eigenvalue weighted by atomic mass is 10.1. The zero-order chi connectivity index (χ0) is 17.3. The standard InChI is InChI=1S/C20H23N3O/c1-13(2)20-22-17-9-5-6-11-18(17)23(20)12-19(24)21-16-10-7-8-14(3)15(16)4/h5-11,13H,12H2,1-4H3,(H,21,24). The third-order valence-electron chi connectivity index (χ3n) is 4.38. The molecule has 0 radical (unpaired) electrons. The molecule has 0 atom stereocenters. The van der Waals surface area contributed by atoms with Gasteiger partial charge in [0.15, 0.2) is 0 Å². The van der Waals surface area contributed by atoms with Crippen LogP contribution in [0, 0.1) is 13.8 Å². The smallest absolute Gasteiger partial charge is 0.244 e. The number of imidazole rings is 1. The van der Waals surface area contributed by atoms with Gasteiger partial charge in [-0.15, -0.1) is 0 Å². The molecule has 1 aromatic heterocycles. The summed E-state index contributed by atoms with van der Waals surface area (Å²) in [5, 5.41) is 3.03. The van der Waals surface area contributed by atoms with Gasteiger partial charge < -0.3 is 9.88 Å². The van der Waals surface area contributed by atoms with E-state index in [9.17, 15) is 4.79 Å². The van der Waals surface area contributed by atoms with Crippen LogP contribution in [0.2, 0.25) is 0 Å². The molecule has 4 heteroatoms. The minimum Gasteiger partial charge on any atom is -0.324 e. The number of hydrogen-bond acceptors (Lipinski definition) is 2. The van der Waals surface area contributed by atoms with E-state index in [0.29, 0.717) is 0 Å². The van der Waals surface area contributed by atoms with E-state index in [1.54, 1.807) is 0 Å². The number of amides is 1. The summed E-state index contributed by atoms with van der Waals surface area (Å²) >= 11 is 0. The number of fused-ring (bicyclic) bond motifs is 1. The third-order valence-corrected chi connectivity index (χ3v) is 4.38. The first-order valence-corrected chi connectivity index (χ1v) is 8.28. The molecule has 124 valence electrons. The number of hydrogen-bond donors (Lipinski definition) is 1. The van der Waals surface area contributed by atoms with Gasteiger partial charge in [0.2, 0.25) is 5.91 Å². The Morgan fingerprint density at radius 3 is 2.62 bits per heavy atom. The van der Waals surface area contributed by atoms with Gasteiger partial charge in [-0.2, -0.15) is 0 Å². The minimum absolute atomic E-state index is 0.0336. The fourth-order valence-electron chi connectivity index (χ4n) is 2.92. The maximum atomic E-state index is 12.6. The van der Waals surface area contributed by atoms with E-state index in [1.165, 1.54) is 5.56 Å². The number of aromatic nitrogens is 2. The van der Waals surface area contributed by atoms with Gasteiger partial charge in [0.1, 0.15) is 12.4 Å². The zero-order valence-corrected chi connectivity index (χ0v) is 14.6. The number of nitrogens with one attached hydrogen (secondary N) is 1. The van der Waals surface area contributed by atoms with E-state index in [2.05, 4.69) is 24.1 Å². The van der Waals surface area contributed by atoms with Crippen LogP contribution >= 0.6 is 0 Å². The number of benzene rings is 2. The summed E-state index contributed by atoms with van der Waals surface area (Å²) in [5.74, 6) is 1.16. The molecular weight excluding hydrogens is 298 g/mol. The fraction of sp³-hybridized carbons (Fsp3) is 0.300. The molecule has 0 saturated carbocycles. The van der Waals surface area contributed by atoms with Crippen LogP contribution in [0.1, 0.15) is 36.7 Å². The Labute approximate surface area is 142 Å². The molecule has 3 aromatic rings. The number of carbonyl (C=O) groups is 1. The van der Waals surface area contributed by atoms with Crippen molar-refractivity contribution in [2.45, 2.75) is 40.2 Å². The van der Waals surface area contributed by atoms with Crippen LogP contribution in [0.5, 0.6) is 0 Å². The summed E-state index contributed by atoms with van der Waals surface area (Å²) < 4.78 is 2.01. The van der Waals surface area contributed by atoms with Crippen LogP contribution in [0.4, 0.5) is 5.69 Å². The highest BCUT2D eigenvalue weighted by Gasteiger charge is 2.16. The molecule has 2 aromatic carbocycles. The summed E-state index contributed by atoms with van der Waals surface area (Å²) in [6, 6.07) is 13.9. The predicted molar refractivity (Wildman–Crippen MR) is 98.4 cm³/mol. The summed E-state index contributed by atoms with van der Waals surface area (Å²) in [7, 11) is 0. The molecule has 0 aliphatic rings. The van der Waals surface area contributed by atoms with Crippen LogP contribution in [0.3, 0.4) is 0 Å². The molecule has 1 amide bonds. The second-order valence-corrected chi connectivity index (χ2v) is 6.50. The van der Waals surface area contributed by atoms with Gasteiger partial charge >= 0.3 is 0 Å². The fourth-order valence-corrected chi connectivity index (χ4v) is 2.92. The quantitative estimate of drug-likeness (QED) is 0.773. The van der Waals surface area contributed by atoms with E-state index < -0.39 is 0 Å². The van der Waals surface area contributed by atoms with Crippen molar-refractivity contribution in [2.75, 3.05) is 5.32 Å². The summed E-state index contributed by atoms with van der Waals surface area (Å²) in [6.07, 6.45) is 0. The van der Waals surface area contributed by atoms with E-state index in [4.69, 9.17) is 0 Å². The van der Waals surface area contributed by atoms with Crippen LogP contribution in [-0.4, -0.2) is 15.5 Å². The van der Waals surface area contributed by atoms with E-state index in [-0.39, 0.29) is 18.4 Å². The Hall–Kier alpha value is -2.62. The number of rotatable bonds is 4. The highest BCUT2D eigenvalue weighted by atomic mass is 16.1. The largest absolute Gasteiger partial charge is 0.324 e. The molecular formula is C20H23N3O. The van der Waals surface area contributed by atoms with Gasteiger partial charge in [0, 0.05) is 11.6 Å². The zero-order valence-electron chi connectivity index (χ0n) is 14.6. The first kappa shape index (κ1) is 16.2. The van der Waals surface area contributed by atoms with Gasteiger partial charge in [0.05, 0.1) is 11.0 Å². The van der Waals surface area contributed by atoms with Crippen LogP contribution < -0.4 is 5.32 Å². The molecule has 0 saturated heterocycles. The average molecular weight is 321 g/mol. The Bertz CT molecular complexity index is 893. The van der Waals surface area contributed by atoms with Crippen molar-refractivity contribution in [1.29, 1.82) is 0 Å². The monoisotopic (exact) mass is 321 g/mol. The second-order valence-electron chi connectivity index (χ2n) is 6.50. The van der Waals surface area contributed by atoms with Crippen molar-refractivity contribution in [3.63, 3.8) is 0 Å². The molecule has 0 spiro atoms. The highest BCUT2D eigenvalue weighted by molar-refractivity contribution is 5.92. The lowest BCUT2D eigenvalue weighted by molar-refractivity contribution is -0.116. The van der Waals surface area contributed by atoms with Crippen molar-refractivity contribution in [1.82, 2.24) is 9.55 Å². The summed E-state index contributed by atoms with van der Waals surface area (Å²) in [6.45, 7) is 8.53. The first-order valence-electron chi connectivity index (χ1n) is 8.28. The van der Waals surface area contributed by atoms with Crippen LogP contribution in [0.15, 0.2) is 42.5 Å². The van der Waals surface area contributed by atoms with E-state index >= 15 is 0 Å². The van der Waals surface area contributed by atoms with E-state index in [0.717, 1.165) is 28.1 Å². The number of para-hydroxylation sites is 2. The maximum absolute atomic E-state index is 12.6. The average Bonchev–Trinajstić information content (AvgIpc) is 2.91. The maximum Gasteiger partial charge on any atom is 0.244 e. The van der Waals surface area contributed by atoms with Gasteiger partial charge in [0.25, 0.3) is 0 Å². The van der Waals surface area contributed by atoms with Crippen molar-refractivity contribution >= 4 is 22.6 Å². The number of aryl methyl sites for hydroxylation is 1. The van der Waals surface area contributed by atoms with Crippen LogP contribution in [-0.2, 0) is 11.3 Å². The predicted octanol–water partition coefficient (Wildman–Crippen LogP) is 4.42. The molecule has 4 nitrogen and oxygen atoms in total. The van der Waals surface area contributed by atoms with Crippen molar-refractivity contribution in [2.24, 2.45) is 0 Å². The normalized spacial score (nSPS) is 11.2. The van der Waals surface area contributed by atoms with Crippen molar-refractivity contribution < 1.29 is 4.79 Å². The molecule has 0 aliphatic heterocycles. The van der Waals surface area contributed by atoms with Crippen molar-refractivity contribution in [3.8, 4) is 0 Å². The molecule has 0 fully saturated rings. The minimum atomic E-state index is -0.0336. The molecule has 0 bridgehead atoms. The van der Waals surface area contributed by atoms with Gasteiger partial charge in [-0.1, -0.05) is 38.1 Å². The Balaban J connectivity index is 1.90. The molecule has 1 N–H and O–H groups in total. The third kappa shape index (κ3) is 3.04. The molecule has 0 aliphatic carbocycles. The second kappa shape index (κ2) is 6.48. The molecule has 24 heavy (non-hydrogen) atoms. The first-order chi connectivity index (χ1) is 11.5. The van der Waals surface area contributed by atoms with Gasteiger partial charge in [-0.3, -0.25) is 4.79 Å². The van der Waals surface area contributed by atoms with Crippen molar-refractivity contribution in [3.05, 3.63) is 59.4 Å². The summed E-state index contributed by atoms with van der Waals surface area (Å²) in [5.41, 5.74) is 5.07. The SMILES string of the molecule is Cc1cccc(NC(=O)Cn2c(C(C)C)nc3ccccc32)c1C. The Morgan fingerprint density at radius 1 is 1.12 bits per heavy atom. The number of anilines is 1. The molecule has 1 heterocycles. The Morgan fingerprint density at radius 2 is 1.88 bits per heavy atom. The Kier molecular flexibility index (Phi) is 4.38. The molecule has 0 unspecified atom stereocenters. The van der Waals surface area contributed by atoms with Gasteiger partial charge in [-0.05, 0) is 43.2 Å². The number of carbonyl (C=O) groups excluding carboxylic acids is 1. The number of nitrogens with zero attached hydrogens (tertiary/aromatic N) is 2. The highest BCUT2D eigenvalue weighted by Crippen LogP contribution is 2.22. The van der Waals surface area contributed by atoms with Gasteiger partial charge in [-0.25, -0.2) is 4.98 Å². The topological polar surface area (TPSA) is 46.9 Å². The van der Waals surface area contributed by atoms with E-state index in [1.807, 2.05) is 60.9 Å².